The fourth-order valence-electron chi connectivity index (χ4n) is 2.69. The molecule has 0 aliphatic rings. The van der Waals surface area contributed by atoms with Gasteiger partial charge in [-0.25, -0.2) is 9.78 Å². The lowest BCUT2D eigenvalue weighted by Gasteiger charge is -2.17. The van der Waals surface area contributed by atoms with Crippen LogP contribution in [0.25, 0.3) is 10.9 Å². The standard InChI is InChI=1S/C18H23N3O6/c1-10(2)5-13(18(24)25)20-16(22)8-21-9-19-12-7-15(27-4)14(26-3)6-11(12)17(21)23/h6-7,9-10,13H,5,8H2,1-4H3,(H,20,22)(H,24,25)/t13-/m0/s1. The predicted molar refractivity (Wildman–Crippen MR) is 98.1 cm³/mol. The molecule has 146 valence electrons. The number of fused-ring (bicyclic) bond motifs is 1. The number of rotatable bonds is 8. The van der Waals surface area contributed by atoms with E-state index in [-0.39, 0.29) is 17.8 Å². The molecule has 0 saturated carbocycles. The number of nitrogens with one attached hydrogen (secondary N) is 1. The Hall–Kier alpha value is -3.10. The van der Waals surface area contributed by atoms with Crippen LogP contribution in [0, 0.1) is 5.92 Å². The van der Waals surface area contributed by atoms with Crippen molar-refractivity contribution in [2.75, 3.05) is 14.2 Å². The fourth-order valence-corrected chi connectivity index (χ4v) is 2.69. The third-order valence-electron chi connectivity index (χ3n) is 3.98. The molecule has 0 aliphatic carbocycles. The minimum atomic E-state index is -1.11. The van der Waals surface area contributed by atoms with Gasteiger partial charge in [-0.2, -0.15) is 0 Å². The minimum Gasteiger partial charge on any atom is -0.493 e. The molecule has 0 aliphatic heterocycles. The molecule has 1 heterocycles. The first-order valence-corrected chi connectivity index (χ1v) is 8.40. The molecular formula is C18H23N3O6. The summed E-state index contributed by atoms with van der Waals surface area (Å²) in [6.45, 7) is 3.39. The Kier molecular flexibility index (Phi) is 6.38. The van der Waals surface area contributed by atoms with Gasteiger partial charge in [0.25, 0.3) is 5.56 Å². The molecule has 9 heteroatoms. The molecule has 2 N–H and O–H groups in total. The predicted octanol–water partition coefficient (Wildman–Crippen LogP) is 1.03. The number of methoxy groups -OCH3 is 2. The molecule has 1 amide bonds. The van der Waals surface area contributed by atoms with E-state index < -0.39 is 23.5 Å². The summed E-state index contributed by atoms with van der Waals surface area (Å²) >= 11 is 0. The summed E-state index contributed by atoms with van der Waals surface area (Å²) in [5.74, 6) is -0.789. The van der Waals surface area contributed by atoms with Gasteiger partial charge in [0.1, 0.15) is 12.6 Å². The van der Waals surface area contributed by atoms with Gasteiger partial charge in [-0.3, -0.25) is 14.2 Å². The molecule has 1 aromatic carbocycles. The number of hydrogen-bond donors (Lipinski definition) is 2. The molecule has 0 radical (unpaired) electrons. The summed E-state index contributed by atoms with van der Waals surface area (Å²) in [5.41, 5.74) is -0.0376. The third-order valence-corrected chi connectivity index (χ3v) is 3.98. The minimum absolute atomic E-state index is 0.0962. The molecule has 0 bridgehead atoms. The van der Waals surface area contributed by atoms with Gasteiger partial charge in [0.15, 0.2) is 11.5 Å². The molecule has 2 aromatic rings. The maximum absolute atomic E-state index is 12.7. The Morgan fingerprint density at radius 2 is 1.85 bits per heavy atom. The highest BCUT2D eigenvalue weighted by Gasteiger charge is 2.21. The topological polar surface area (TPSA) is 120 Å². The van der Waals surface area contributed by atoms with Crippen molar-refractivity contribution in [3.8, 4) is 11.5 Å². The lowest BCUT2D eigenvalue weighted by molar-refractivity contribution is -0.142. The van der Waals surface area contributed by atoms with Crippen molar-refractivity contribution in [2.24, 2.45) is 5.92 Å². The zero-order chi connectivity index (χ0) is 20.1. The number of carboxylic acids is 1. The largest absolute Gasteiger partial charge is 0.493 e. The van der Waals surface area contributed by atoms with Crippen LogP contribution in [0.2, 0.25) is 0 Å². The monoisotopic (exact) mass is 377 g/mol. The number of hydrogen-bond acceptors (Lipinski definition) is 6. The van der Waals surface area contributed by atoms with Gasteiger partial charge >= 0.3 is 5.97 Å². The van der Waals surface area contributed by atoms with E-state index >= 15 is 0 Å². The molecule has 0 saturated heterocycles. The van der Waals surface area contributed by atoms with Gasteiger partial charge < -0.3 is 19.9 Å². The summed E-state index contributed by atoms with van der Waals surface area (Å²) in [4.78, 5) is 40.3. The smallest absolute Gasteiger partial charge is 0.326 e. The number of carbonyl (C=O) groups excluding carboxylic acids is 1. The molecule has 2 rings (SSSR count). The molecular weight excluding hydrogens is 354 g/mol. The molecule has 9 nitrogen and oxygen atoms in total. The Balaban J connectivity index is 2.28. The zero-order valence-corrected chi connectivity index (χ0v) is 15.7. The van der Waals surface area contributed by atoms with Crippen molar-refractivity contribution in [1.29, 1.82) is 0 Å². The Morgan fingerprint density at radius 1 is 1.22 bits per heavy atom. The second kappa shape index (κ2) is 8.52. The Bertz CT molecular complexity index is 906. The maximum Gasteiger partial charge on any atom is 0.326 e. The van der Waals surface area contributed by atoms with Gasteiger partial charge in [0.05, 0.1) is 31.4 Å². The number of aromatic nitrogens is 2. The molecule has 0 unspecified atom stereocenters. The summed E-state index contributed by atoms with van der Waals surface area (Å²) in [5, 5.41) is 11.9. The van der Waals surface area contributed by atoms with E-state index in [0.29, 0.717) is 23.4 Å². The van der Waals surface area contributed by atoms with E-state index in [0.717, 1.165) is 4.57 Å². The van der Waals surface area contributed by atoms with Gasteiger partial charge in [0, 0.05) is 6.07 Å². The van der Waals surface area contributed by atoms with E-state index in [1.807, 2.05) is 13.8 Å². The second-order valence-electron chi connectivity index (χ2n) is 6.49. The van der Waals surface area contributed by atoms with Crippen LogP contribution in [0.15, 0.2) is 23.3 Å². The highest BCUT2D eigenvalue weighted by atomic mass is 16.5. The van der Waals surface area contributed by atoms with E-state index in [1.165, 1.54) is 26.6 Å². The Morgan fingerprint density at radius 3 is 2.41 bits per heavy atom. The number of aliphatic carboxylic acids is 1. The van der Waals surface area contributed by atoms with Crippen LogP contribution in [0.5, 0.6) is 11.5 Å². The van der Waals surface area contributed by atoms with E-state index in [2.05, 4.69) is 10.3 Å². The molecule has 0 spiro atoms. The van der Waals surface area contributed by atoms with Gasteiger partial charge in [-0.05, 0) is 18.4 Å². The lowest BCUT2D eigenvalue weighted by atomic mass is 10.0. The fraction of sp³-hybridized carbons (Fsp3) is 0.444. The highest BCUT2D eigenvalue weighted by Crippen LogP contribution is 2.29. The summed E-state index contributed by atoms with van der Waals surface area (Å²) in [6, 6.07) is 2.06. The van der Waals surface area contributed by atoms with Gasteiger partial charge in [-0.1, -0.05) is 13.8 Å². The number of carbonyl (C=O) groups is 2. The van der Waals surface area contributed by atoms with Crippen molar-refractivity contribution in [1.82, 2.24) is 14.9 Å². The van der Waals surface area contributed by atoms with Crippen LogP contribution in [0.4, 0.5) is 0 Å². The molecule has 27 heavy (non-hydrogen) atoms. The first-order valence-electron chi connectivity index (χ1n) is 8.40. The number of ether oxygens (including phenoxy) is 2. The van der Waals surface area contributed by atoms with Crippen LogP contribution in [0.1, 0.15) is 20.3 Å². The second-order valence-corrected chi connectivity index (χ2v) is 6.49. The van der Waals surface area contributed by atoms with Crippen molar-refractivity contribution in [3.05, 3.63) is 28.8 Å². The number of carboxylic acid groups (broad SMARTS) is 1. The van der Waals surface area contributed by atoms with Gasteiger partial charge in [-0.15, -0.1) is 0 Å². The Labute approximate surface area is 155 Å². The van der Waals surface area contributed by atoms with E-state index in [1.54, 1.807) is 6.07 Å². The quantitative estimate of drug-likeness (QED) is 0.705. The SMILES string of the molecule is COc1cc2ncn(CC(=O)N[C@@H](CC(C)C)C(=O)O)c(=O)c2cc1OC. The van der Waals surface area contributed by atoms with Crippen molar-refractivity contribution in [3.63, 3.8) is 0 Å². The van der Waals surface area contributed by atoms with Gasteiger partial charge in [0.2, 0.25) is 5.91 Å². The molecule has 1 aromatic heterocycles. The summed E-state index contributed by atoms with van der Waals surface area (Å²) < 4.78 is 11.5. The normalized spacial score (nSPS) is 12.0. The van der Waals surface area contributed by atoms with Crippen LogP contribution in [0.3, 0.4) is 0 Å². The average molecular weight is 377 g/mol. The first-order chi connectivity index (χ1) is 12.8. The van der Waals surface area contributed by atoms with Crippen LogP contribution < -0.4 is 20.3 Å². The van der Waals surface area contributed by atoms with Crippen molar-refractivity contribution >= 4 is 22.8 Å². The summed E-state index contributed by atoms with van der Waals surface area (Å²) in [6.07, 6.45) is 1.54. The van der Waals surface area contributed by atoms with E-state index in [4.69, 9.17) is 9.47 Å². The number of benzene rings is 1. The lowest BCUT2D eigenvalue weighted by Crippen LogP contribution is -2.44. The third kappa shape index (κ3) is 4.75. The van der Waals surface area contributed by atoms with Crippen LogP contribution >= 0.6 is 0 Å². The highest BCUT2D eigenvalue weighted by molar-refractivity contribution is 5.84. The number of amides is 1. The molecule has 1 atom stereocenters. The van der Waals surface area contributed by atoms with Crippen molar-refractivity contribution in [2.45, 2.75) is 32.9 Å². The van der Waals surface area contributed by atoms with Crippen molar-refractivity contribution < 1.29 is 24.2 Å². The van der Waals surface area contributed by atoms with Crippen LogP contribution in [-0.2, 0) is 16.1 Å². The van der Waals surface area contributed by atoms with Crippen LogP contribution in [-0.4, -0.2) is 46.8 Å². The van der Waals surface area contributed by atoms with E-state index in [9.17, 15) is 19.5 Å². The molecule has 0 fully saturated rings. The maximum atomic E-state index is 12.7. The number of nitrogens with zero attached hydrogens (tertiary/aromatic N) is 2. The first kappa shape index (κ1) is 20.2. The zero-order valence-electron chi connectivity index (χ0n) is 15.7. The average Bonchev–Trinajstić information content (AvgIpc) is 2.62. The summed E-state index contributed by atoms with van der Waals surface area (Å²) in [7, 11) is 2.93.